The molecule has 6 heteroatoms. The average molecular weight is 286 g/mol. The van der Waals surface area contributed by atoms with Crippen molar-refractivity contribution in [3.05, 3.63) is 18.0 Å². The Bertz CT molecular complexity index is 610. The quantitative estimate of drug-likeness (QED) is 0.908. The van der Waals surface area contributed by atoms with Crippen molar-refractivity contribution in [3.8, 4) is 0 Å². The summed E-state index contributed by atoms with van der Waals surface area (Å²) in [5.74, 6) is 2.09. The molecule has 1 unspecified atom stereocenters. The predicted octanol–water partition coefficient (Wildman–Crippen LogP) is 1.58. The number of fused-ring (bicyclic) bond motifs is 1. The summed E-state index contributed by atoms with van der Waals surface area (Å²) >= 11 is 0. The number of piperidine rings is 2. The predicted molar refractivity (Wildman–Crippen MR) is 81.7 cm³/mol. The Hall–Kier alpha value is -1.69. The van der Waals surface area contributed by atoms with E-state index in [9.17, 15) is 0 Å². The highest BCUT2D eigenvalue weighted by Gasteiger charge is 2.21. The average Bonchev–Trinajstić information content (AvgIpc) is 3.00. The monoisotopic (exact) mass is 286 g/mol. The number of hydrogen-bond donors (Lipinski definition) is 1. The molecule has 112 valence electrons. The van der Waals surface area contributed by atoms with Crippen LogP contribution in [0.25, 0.3) is 5.78 Å². The summed E-state index contributed by atoms with van der Waals surface area (Å²) in [4.78, 5) is 11.3. The van der Waals surface area contributed by atoms with E-state index >= 15 is 0 Å². The Labute approximate surface area is 124 Å². The minimum absolute atomic E-state index is 0.514. The first kappa shape index (κ1) is 13.0. The van der Waals surface area contributed by atoms with E-state index in [4.69, 9.17) is 5.10 Å². The molecule has 0 aliphatic carbocycles. The summed E-state index contributed by atoms with van der Waals surface area (Å²) in [5.41, 5.74) is 1.24. The van der Waals surface area contributed by atoms with Crippen molar-refractivity contribution in [1.29, 1.82) is 0 Å². The van der Waals surface area contributed by atoms with Gasteiger partial charge in [-0.2, -0.15) is 9.50 Å². The molecule has 2 aliphatic heterocycles. The number of aromatic nitrogens is 4. The van der Waals surface area contributed by atoms with Crippen LogP contribution in [-0.2, 0) is 0 Å². The number of rotatable bonds is 2. The number of anilines is 1. The summed E-state index contributed by atoms with van der Waals surface area (Å²) in [5, 5.41) is 8.23. The van der Waals surface area contributed by atoms with Crippen LogP contribution in [0.2, 0.25) is 0 Å². The molecule has 1 atom stereocenters. The molecule has 6 nitrogen and oxygen atoms in total. The van der Waals surface area contributed by atoms with Crippen molar-refractivity contribution in [2.45, 2.75) is 38.0 Å². The zero-order chi connectivity index (χ0) is 14.1. The normalized spacial score (nSPS) is 23.6. The first-order chi connectivity index (χ1) is 10.4. The van der Waals surface area contributed by atoms with Crippen LogP contribution in [0.15, 0.2) is 12.3 Å². The highest BCUT2D eigenvalue weighted by Crippen LogP contribution is 2.24. The third-order valence-corrected chi connectivity index (χ3v) is 4.61. The van der Waals surface area contributed by atoms with Gasteiger partial charge in [0.1, 0.15) is 0 Å². The second-order valence-electron chi connectivity index (χ2n) is 6.08. The molecular formula is C15H22N6. The standard InChI is InChI=1S/C15H22N6/c1-2-9-20(10-3-1)15-18-14-17-8-6-13(21(14)19-15)12-5-4-7-16-11-12/h6,8,12,16H,1-5,7,9-11H2. The van der Waals surface area contributed by atoms with E-state index < -0.39 is 0 Å². The smallest absolute Gasteiger partial charge is 0.254 e. The van der Waals surface area contributed by atoms with Gasteiger partial charge in [0.2, 0.25) is 5.95 Å². The summed E-state index contributed by atoms with van der Waals surface area (Å²) in [6.07, 6.45) is 8.10. The molecule has 0 radical (unpaired) electrons. The molecule has 0 bridgehead atoms. The first-order valence-electron chi connectivity index (χ1n) is 8.09. The van der Waals surface area contributed by atoms with Crippen LogP contribution in [0.3, 0.4) is 0 Å². The van der Waals surface area contributed by atoms with Gasteiger partial charge in [-0.1, -0.05) is 0 Å². The van der Waals surface area contributed by atoms with Gasteiger partial charge in [-0.25, -0.2) is 4.98 Å². The molecule has 21 heavy (non-hydrogen) atoms. The topological polar surface area (TPSA) is 58.4 Å². The van der Waals surface area contributed by atoms with E-state index in [2.05, 4.69) is 26.3 Å². The van der Waals surface area contributed by atoms with Crippen molar-refractivity contribution in [2.24, 2.45) is 0 Å². The molecule has 0 aromatic carbocycles. The molecule has 4 rings (SSSR count). The highest BCUT2D eigenvalue weighted by atomic mass is 15.4. The Kier molecular flexibility index (Phi) is 3.47. The van der Waals surface area contributed by atoms with Crippen LogP contribution in [0.5, 0.6) is 0 Å². The number of nitrogens with zero attached hydrogens (tertiary/aromatic N) is 5. The first-order valence-corrected chi connectivity index (χ1v) is 8.09. The lowest BCUT2D eigenvalue weighted by Gasteiger charge is -2.25. The van der Waals surface area contributed by atoms with Crippen LogP contribution in [0.4, 0.5) is 5.95 Å². The summed E-state index contributed by atoms with van der Waals surface area (Å²) < 4.78 is 1.96. The van der Waals surface area contributed by atoms with E-state index in [1.807, 2.05) is 10.7 Å². The van der Waals surface area contributed by atoms with Gasteiger partial charge in [0, 0.05) is 31.7 Å². The maximum Gasteiger partial charge on any atom is 0.254 e. The second kappa shape index (κ2) is 5.60. The molecule has 4 heterocycles. The summed E-state index contributed by atoms with van der Waals surface area (Å²) in [6.45, 7) is 4.29. The Balaban J connectivity index is 1.69. The lowest BCUT2D eigenvalue weighted by atomic mass is 9.96. The highest BCUT2D eigenvalue weighted by molar-refractivity contribution is 5.40. The van der Waals surface area contributed by atoms with E-state index in [0.29, 0.717) is 5.92 Å². The van der Waals surface area contributed by atoms with Crippen LogP contribution in [0.1, 0.15) is 43.7 Å². The van der Waals surface area contributed by atoms with Gasteiger partial charge < -0.3 is 10.2 Å². The molecule has 2 aliphatic rings. The van der Waals surface area contributed by atoms with Crippen molar-refractivity contribution in [1.82, 2.24) is 24.9 Å². The fourth-order valence-electron chi connectivity index (χ4n) is 3.44. The Morgan fingerprint density at radius 1 is 1.14 bits per heavy atom. The molecule has 1 N–H and O–H groups in total. The molecule has 0 spiro atoms. The molecule has 0 amide bonds. The van der Waals surface area contributed by atoms with Gasteiger partial charge in [0.05, 0.1) is 5.69 Å². The largest absolute Gasteiger partial charge is 0.339 e. The molecule has 2 aromatic rings. The van der Waals surface area contributed by atoms with Crippen LogP contribution < -0.4 is 10.2 Å². The third-order valence-electron chi connectivity index (χ3n) is 4.61. The van der Waals surface area contributed by atoms with Crippen molar-refractivity contribution in [2.75, 3.05) is 31.1 Å². The minimum Gasteiger partial charge on any atom is -0.339 e. The van der Waals surface area contributed by atoms with Gasteiger partial charge in [0.25, 0.3) is 5.78 Å². The van der Waals surface area contributed by atoms with Gasteiger partial charge >= 0.3 is 0 Å². The number of nitrogens with one attached hydrogen (secondary N) is 1. The maximum absolute atomic E-state index is 4.75. The summed E-state index contributed by atoms with van der Waals surface area (Å²) in [7, 11) is 0. The van der Waals surface area contributed by atoms with Crippen molar-refractivity contribution in [3.63, 3.8) is 0 Å². The maximum atomic E-state index is 4.75. The molecule has 2 fully saturated rings. The van der Waals surface area contributed by atoms with Crippen LogP contribution in [-0.4, -0.2) is 45.8 Å². The molecule has 2 aromatic heterocycles. The lowest BCUT2D eigenvalue weighted by Crippen LogP contribution is -2.30. The van der Waals surface area contributed by atoms with E-state index in [1.165, 1.54) is 37.8 Å². The van der Waals surface area contributed by atoms with Gasteiger partial charge in [0.15, 0.2) is 0 Å². The Morgan fingerprint density at radius 2 is 2.05 bits per heavy atom. The van der Waals surface area contributed by atoms with E-state index in [1.54, 1.807) is 0 Å². The van der Waals surface area contributed by atoms with Crippen LogP contribution >= 0.6 is 0 Å². The second-order valence-corrected chi connectivity index (χ2v) is 6.08. The number of hydrogen-bond acceptors (Lipinski definition) is 5. The fraction of sp³-hybridized carbons (Fsp3) is 0.667. The molecule has 0 saturated carbocycles. The van der Waals surface area contributed by atoms with E-state index in [-0.39, 0.29) is 0 Å². The summed E-state index contributed by atoms with van der Waals surface area (Å²) in [6, 6.07) is 2.10. The molecule has 2 saturated heterocycles. The van der Waals surface area contributed by atoms with Gasteiger partial charge in [-0.3, -0.25) is 0 Å². The van der Waals surface area contributed by atoms with Gasteiger partial charge in [-0.15, -0.1) is 5.10 Å². The minimum atomic E-state index is 0.514. The lowest BCUT2D eigenvalue weighted by molar-refractivity contribution is 0.448. The van der Waals surface area contributed by atoms with Gasteiger partial charge in [-0.05, 0) is 44.7 Å². The Morgan fingerprint density at radius 3 is 2.86 bits per heavy atom. The molecular weight excluding hydrogens is 264 g/mol. The van der Waals surface area contributed by atoms with Crippen molar-refractivity contribution < 1.29 is 0 Å². The third kappa shape index (κ3) is 2.48. The zero-order valence-electron chi connectivity index (χ0n) is 12.3. The van der Waals surface area contributed by atoms with Crippen molar-refractivity contribution >= 4 is 11.7 Å². The zero-order valence-corrected chi connectivity index (χ0v) is 12.3. The fourth-order valence-corrected chi connectivity index (χ4v) is 3.44. The van der Waals surface area contributed by atoms with E-state index in [0.717, 1.165) is 37.9 Å². The van der Waals surface area contributed by atoms with Crippen LogP contribution in [0, 0.1) is 0 Å². The SMILES string of the molecule is c1cc(C2CCCNC2)n2nc(N3CCCCC3)nc2n1.